The molecule has 0 saturated carbocycles. The summed E-state index contributed by atoms with van der Waals surface area (Å²) in [5.41, 5.74) is 8.31. The van der Waals surface area contributed by atoms with E-state index in [0.717, 1.165) is 54.0 Å². The molecule has 0 spiro atoms. The Morgan fingerprint density at radius 2 is 2.16 bits per heavy atom. The van der Waals surface area contributed by atoms with Crippen LogP contribution in [0, 0.1) is 5.41 Å². The molecule has 0 aromatic heterocycles. The van der Waals surface area contributed by atoms with Gasteiger partial charge in [-0.25, -0.2) is 12.7 Å². The molecule has 2 rings (SSSR count). The molecule has 1 unspecified atom stereocenters. The Balaban J connectivity index is 2.19. The van der Waals surface area contributed by atoms with Crippen LogP contribution < -0.4 is 11.1 Å². The Bertz CT molecular complexity index is 969. The molecule has 0 aliphatic heterocycles. The van der Waals surface area contributed by atoms with E-state index < -0.39 is 16.0 Å². The zero-order valence-electron chi connectivity index (χ0n) is 18.5. The van der Waals surface area contributed by atoms with Crippen molar-refractivity contribution in [2.24, 2.45) is 10.7 Å². The number of allylic oxidation sites excluding steroid dienone is 1. The second-order valence-electron chi connectivity index (χ2n) is 7.74. The fourth-order valence-electron chi connectivity index (χ4n) is 3.63. The maximum Gasteiger partial charge on any atom is 0.273 e. The van der Waals surface area contributed by atoms with Gasteiger partial charge >= 0.3 is 0 Å². The van der Waals surface area contributed by atoms with Crippen molar-refractivity contribution in [3.8, 4) is 0 Å². The summed E-state index contributed by atoms with van der Waals surface area (Å²) in [6, 6.07) is 5.63. The van der Waals surface area contributed by atoms with Crippen LogP contribution in [0.5, 0.6) is 0 Å². The molecule has 9 heteroatoms. The van der Waals surface area contributed by atoms with Crippen LogP contribution in [0.1, 0.15) is 56.1 Å². The maximum atomic E-state index is 12.6. The maximum absolute atomic E-state index is 12.6. The SMILES string of the molecule is CCCC/C=C\C(=NC)C(=O)Nc1ccc2c(c1)C(CS(=O)(=O)N(C)C(=N)N)CCC2. The summed E-state index contributed by atoms with van der Waals surface area (Å²) in [5.74, 6) is -1.16. The number of carbonyl (C=O) groups is 1. The van der Waals surface area contributed by atoms with Gasteiger partial charge in [-0.3, -0.25) is 15.2 Å². The molecular formula is C22H33N5O3S. The standard InChI is InChI=1S/C22H33N5O3S/c1-4-5-6-7-11-20(25-2)21(28)26-18-13-12-16-9-8-10-17(19(16)14-18)15-31(29,30)27(3)22(23)24/h7,11-14,17H,4-6,8-10,15H2,1-3H3,(H3,23,24)(H,26,28)/b11-7-,25-20?. The lowest BCUT2D eigenvalue weighted by molar-refractivity contribution is -0.110. The van der Waals surface area contributed by atoms with Gasteiger partial charge in [0, 0.05) is 19.8 Å². The number of sulfonamides is 1. The zero-order valence-corrected chi connectivity index (χ0v) is 19.3. The van der Waals surface area contributed by atoms with Gasteiger partial charge in [-0.15, -0.1) is 0 Å². The largest absolute Gasteiger partial charge is 0.369 e. The topological polar surface area (TPSA) is 129 Å². The number of carbonyl (C=O) groups excluding carboxylic acids is 1. The highest BCUT2D eigenvalue weighted by Gasteiger charge is 2.29. The number of nitrogens with zero attached hydrogens (tertiary/aromatic N) is 2. The van der Waals surface area contributed by atoms with Crippen molar-refractivity contribution in [1.82, 2.24) is 4.31 Å². The fourth-order valence-corrected chi connectivity index (χ4v) is 5.01. The van der Waals surface area contributed by atoms with Crippen molar-refractivity contribution in [1.29, 1.82) is 5.41 Å². The second-order valence-corrected chi connectivity index (χ2v) is 9.79. The van der Waals surface area contributed by atoms with Gasteiger partial charge in [-0.1, -0.05) is 31.9 Å². The van der Waals surface area contributed by atoms with Gasteiger partial charge in [-0.05, 0) is 60.9 Å². The Morgan fingerprint density at radius 1 is 1.42 bits per heavy atom. The summed E-state index contributed by atoms with van der Waals surface area (Å²) in [7, 11) is -0.831. The molecule has 1 aliphatic rings. The van der Waals surface area contributed by atoms with Crippen molar-refractivity contribution in [3.63, 3.8) is 0 Å². The summed E-state index contributed by atoms with van der Waals surface area (Å²) in [4.78, 5) is 16.7. The monoisotopic (exact) mass is 447 g/mol. The first kappa shape index (κ1) is 24.6. The molecule has 4 N–H and O–H groups in total. The van der Waals surface area contributed by atoms with Gasteiger partial charge in [0.1, 0.15) is 5.71 Å². The minimum atomic E-state index is -3.70. The Hall–Kier alpha value is -2.68. The zero-order chi connectivity index (χ0) is 23.0. The molecule has 170 valence electrons. The summed E-state index contributed by atoms with van der Waals surface area (Å²) >= 11 is 0. The Morgan fingerprint density at radius 3 is 2.81 bits per heavy atom. The number of fused-ring (bicyclic) bond motifs is 1. The van der Waals surface area contributed by atoms with Crippen LogP contribution in [-0.4, -0.2) is 50.1 Å². The molecule has 1 aromatic rings. The van der Waals surface area contributed by atoms with Crippen molar-refractivity contribution >= 4 is 33.3 Å². The number of hydrogen-bond acceptors (Lipinski definition) is 5. The molecule has 1 atom stereocenters. The van der Waals surface area contributed by atoms with Crippen molar-refractivity contribution in [3.05, 3.63) is 41.5 Å². The molecule has 1 amide bonds. The van der Waals surface area contributed by atoms with E-state index in [2.05, 4.69) is 17.2 Å². The van der Waals surface area contributed by atoms with Gasteiger partial charge in [-0.2, -0.15) is 0 Å². The molecule has 1 aromatic carbocycles. The third kappa shape index (κ3) is 6.65. The quantitative estimate of drug-likeness (QED) is 0.305. The van der Waals surface area contributed by atoms with E-state index in [1.54, 1.807) is 13.1 Å². The number of aliphatic imine (C=N–C) groups is 1. The number of nitrogens with one attached hydrogen (secondary N) is 2. The van der Waals surface area contributed by atoms with E-state index in [4.69, 9.17) is 11.1 Å². The third-order valence-electron chi connectivity index (χ3n) is 5.48. The van der Waals surface area contributed by atoms with Crippen LogP contribution in [0.4, 0.5) is 5.69 Å². The van der Waals surface area contributed by atoms with E-state index >= 15 is 0 Å². The summed E-state index contributed by atoms with van der Waals surface area (Å²) in [5, 5.41) is 10.3. The van der Waals surface area contributed by atoms with Crippen LogP contribution in [0.2, 0.25) is 0 Å². The number of anilines is 1. The van der Waals surface area contributed by atoms with E-state index in [-0.39, 0.29) is 17.6 Å². The Labute approximate surface area is 185 Å². The highest BCUT2D eigenvalue weighted by molar-refractivity contribution is 7.89. The van der Waals surface area contributed by atoms with Gasteiger partial charge in [0.05, 0.1) is 5.75 Å². The van der Waals surface area contributed by atoms with Gasteiger partial charge in [0.2, 0.25) is 16.0 Å². The summed E-state index contributed by atoms with van der Waals surface area (Å²) in [6.45, 7) is 2.11. The van der Waals surface area contributed by atoms with Crippen molar-refractivity contribution < 1.29 is 13.2 Å². The molecule has 0 bridgehead atoms. The summed E-state index contributed by atoms with van der Waals surface area (Å²) < 4.78 is 26.0. The number of benzene rings is 1. The summed E-state index contributed by atoms with van der Waals surface area (Å²) in [6.07, 6.45) is 9.19. The van der Waals surface area contributed by atoms with Gasteiger partial charge < -0.3 is 11.1 Å². The number of unbranched alkanes of at least 4 members (excludes halogenated alkanes) is 2. The lowest BCUT2D eigenvalue weighted by Gasteiger charge is -2.28. The first-order chi connectivity index (χ1) is 14.7. The molecule has 1 aliphatic carbocycles. The lowest BCUT2D eigenvalue weighted by Crippen LogP contribution is -2.40. The predicted molar refractivity (Wildman–Crippen MR) is 126 cm³/mol. The Kier molecular flexibility index (Phi) is 8.79. The molecule has 0 heterocycles. The molecule has 31 heavy (non-hydrogen) atoms. The third-order valence-corrected chi connectivity index (χ3v) is 7.34. The number of nitrogens with two attached hydrogens (primary N) is 1. The minimum Gasteiger partial charge on any atom is -0.369 e. The number of hydrogen-bond donors (Lipinski definition) is 3. The van der Waals surface area contributed by atoms with E-state index in [1.807, 2.05) is 24.3 Å². The van der Waals surface area contributed by atoms with Crippen LogP contribution in [0.3, 0.4) is 0 Å². The minimum absolute atomic E-state index is 0.130. The number of rotatable bonds is 9. The fraction of sp³-hybridized carbons (Fsp3) is 0.500. The normalized spacial score (nSPS) is 16.7. The lowest BCUT2D eigenvalue weighted by atomic mass is 9.83. The van der Waals surface area contributed by atoms with Gasteiger partial charge in [0.25, 0.3) is 5.91 Å². The molecule has 0 fully saturated rings. The second kappa shape index (κ2) is 11.1. The van der Waals surface area contributed by atoms with Crippen LogP contribution in [-0.2, 0) is 21.2 Å². The molecule has 8 nitrogen and oxygen atoms in total. The van der Waals surface area contributed by atoms with Crippen molar-refractivity contribution in [2.45, 2.75) is 51.4 Å². The average molecular weight is 448 g/mol. The molecule has 0 saturated heterocycles. The average Bonchev–Trinajstić information content (AvgIpc) is 2.73. The number of aryl methyl sites for hydroxylation is 1. The van der Waals surface area contributed by atoms with Crippen molar-refractivity contribution in [2.75, 3.05) is 25.2 Å². The number of guanidine groups is 1. The number of amides is 1. The smallest absolute Gasteiger partial charge is 0.273 e. The molecular weight excluding hydrogens is 414 g/mol. The van der Waals surface area contributed by atoms with Crippen LogP contribution in [0.25, 0.3) is 0 Å². The van der Waals surface area contributed by atoms with Crippen LogP contribution in [0.15, 0.2) is 35.3 Å². The predicted octanol–water partition coefficient (Wildman–Crippen LogP) is 3.02. The first-order valence-electron chi connectivity index (χ1n) is 10.6. The highest BCUT2D eigenvalue weighted by atomic mass is 32.2. The van der Waals surface area contributed by atoms with E-state index in [9.17, 15) is 13.2 Å². The van der Waals surface area contributed by atoms with E-state index in [0.29, 0.717) is 11.4 Å². The highest BCUT2D eigenvalue weighted by Crippen LogP contribution is 2.34. The van der Waals surface area contributed by atoms with Crippen LogP contribution >= 0.6 is 0 Å². The van der Waals surface area contributed by atoms with E-state index in [1.165, 1.54) is 7.05 Å². The molecule has 0 radical (unpaired) electrons. The first-order valence-corrected chi connectivity index (χ1v) is 12.2. The van der Waals surface area contributed by atoms with Gasteiger partial charge in [0.15, 0.2) is 0 Å².